The van der Waals surface area contributed by atoms with E-state index in [9.17, 15) is 4.39 Å². The van der Waals surface area contributed by atoms with Crippen molar-refractivity contribution >= 4 is 12.4 Å². The number of nitrogens with one attached hydrogen (secondary N) is 1. The maximum absolute atomic E-state index is 13.0. The number of hydrogen-bond acceptors (Lipinski definition) is 2. The summed E-state index contributed by atoms with van der Waals surface area (Å²) in [4.78, 5) is 0. The highest BCUT2D eigenvalue weighted by atomic mass is 35.5. The van der Waals surface area contributed by atoms with Gasteiger partial charge in [-0.2, -0.15) is 0 Å². The van der Waals surface area contributed by atoms with Gasteiger partial charge in [-0.1, -0.05) is 6.07 Å². The molecule has 2 N–H and O–H groups in total. The van der Waals surface area contributed by atoms with Crippen molar-refractivity contribution in [2.24, 2.45) is 0 Å². The maximum Gasteiger partial charge on any atom is 0.165 e. The lowest BCUT2D eigenvalue weighted by molar-refractivity contribution is 0.431. The van der Waals surface area contributed by atoms with Crippen LogP contribution in [0.4, 0.5) is 4.39 Å². The summed E-state index contributed by atoms with van der Waals surface area (Å²) in [6.07, 6.45) is 2.18. The van der Waals surface area contributed by atoms with E-state index in [0.29, 0.717) is 0 Å². The summed E-state index contributed by atoms with van der Waals surface area (Å²) in [6, 6.07) is 4.83. The van der Waals surface area contributed by atoms with Crippen LogP contribution in [0.25, 0.3) is 0 Å². The molecule has 4 heteroatoms. The third-order valence-corrected chi connectivity index (χ3v) is 2.43. The molecule has 0 aliphatic carbocycles. The Morgan fingerprint density at radius 1 is 1.43 bits per heavy atom. The van der Waals surface area contributed by atoms with Crippen LogP contribution >= 0.6 is 12.4 Å². The number of aromatic hydroxyl groups is 1. The molecule has 1 aromatic rings. The van der Waals surface area contributed by atoms with E-state index < -0.39 is 5.82 Å². The Bertz CT molecular complexity index is 313. The van der Waals surface area contributed by atoms with Gasteiger partial charge in [0.25, 0.3) is 0 Å². The van der Waals surface area contributed by atoms with Gasteiger partial charge in [-0.15, -0.1) is 12.4 Å². The highest BCUT2D eigenvalue weighted by Gasteiger charge is 2.16. The summed E-state index contributed by atoms with van der Waals surface area (Å²) in [5.74, 6) is -0.812. The van der Waals surface area contributed by atoms with Gasteiger partial charge in [0.15, 0.2) is 11.6 Å². The van der Waals surface area contributed by atoms with E-state index in [4.69, 9.17) is 5.11 Å². The minimum Gasteiger partial charge on any atom is -0.505 e. The van der Waals surface area contributed by atoms with E-state index in [1.54, 1.807) is 6.07 Å². The van der Waals surface area contributed by atoms with Crippen LogP contribution in [0, 0.1) is 5.82 Å². The first kappa shape index (κ1) is 11.3. The van der Waals surface area contributed by atoms with E-state index in [1.165, 1.54) is 12.1 Å². The fourth-order valence-corrected chi connectivity index (χ4v) is 1.71. The van der Waals surface area contributed by atoms with E-state index in [1.807, 2.05) is 0 Å². The Hall–Kier alpha value is -0.800. The molecule has 78 valence electrons. The number of phenolic OH excluding ortho intramolecular Hbond substituents is 1. The number of halogens is 2. The van der Waals surface area contributed by atoms with Crippen LogP contribution in [-0.4, -0.2) is 11.7 Å². The fraction of sp³-hybridized carbons (Fsp3) is 0.400. The lowest BCUT2D eigenvalue weighted by Crippen LogP contribution is -2.12. The number of phenols is 1. The second-order valence-corrected chi connectivity index (χ2v) is 3.36. The second-order valence-electron chi connectivity index (χ2n) is 3.36. The van der Waals surface area contributed by atoms with Crippen LogP contribution in [0.15, 0.2) is 18.2 Å². The summed E-state index contributed by atoms with van der Waals surface area (Å²) < 4.78 is 13.0. The average Bonchev–Trinajstić information content (AvgIpc) is 2.62. The molecular weight excluding hydrogens is 205 g/mol. The van der Waals surface area contributed by atoms with Gasteiger partial charge in [0, 0.05) is 6.04 Å². The predicted molar refractivity (Wildman–Crippen MR) is 55.3 cm³/mol. The first-order valence-electron chi connectivity index (χ1n) is 4.49. The van der Waals surface area contributed by atoms with Gasteiger partial charge in [0.2, 0.25) is 0 Å². The zero-order valence-corrected chi connectivity index (χ0v) is 8.48. The normalized spacial score (nSPS) is 20.5. The molecule has 1 fully saturated rings. The van der Waals surface area contributed by atoms with Crippen LogP contribution in [0.1, 0.15) is 24.4 Å². The molecule has 0 amide bonds. The second kappa shape index (κ2) is 4.62. The van der Waals surface area contributed by atoms with Crippen molar-refractivity contribution in [3.8, 4) is 5.75 Å². The molecule has 1 aliphatic rings. The molecule has 0 bridgehead atoms. The molecule has 0 radical (unpaired) electrons. The predicted octanol–water partition coefficient (Wildman–Crippen LogP) is 2.38. The van der Waals surface area contributed by atoms with Crippen molar-refractivity contribution in [2.45, 2.75) is 18.9 Å². The Labute approximate surface area is 88.5 Å². The van der Waals surface area contributed by atoms with Crippen molar-refractivity contribution in [3.05, 3.63) is 29.6 Å². The van der Waals surface area contributed by atoms with Crippen molar-refractivity contribution in [3.63, 3.8) is 0 Å². The molecule has 0 saturated carbocycles. The molecular formula is C10H13ClFNO. The van der Waals surface area contributed by atoms with Crippen LogP contribution in [0.3, 0.4) is 0 Å². The van der Waals surface area contributed by atoms with E-state index in [-0.39, 0.29) is 24.2 Å². The molecule has 1 heterocycles. The Morgan fingerprint density at radius 2 is 2.21 bits per heavy atom. The monoisotopic (exact) mass is 217 g/mol. The molecule has 0 aromatic heterocycles. The molecule has 1 aromatic carbocycles. The smallest absolute Gasteiger partial charge is 0.165 e. The van der Waals surface area contributed by atoms with Gasteiger partial charge in [-0.3, -0.25) is 0 Å². The summed E-state index contributed by atoms with van der Waals surface area (Å²) in [5, 5.41) is 12.3. The largest absolute Gasteiger partial charge is 0.505 e. The van der Waals surface area contributed by atoms with Crippen molar-refractivity contribution < 1.29 is 9.50 Å². The lowest BCUT2D eigenvalue weighted by atomic mass is 10.1. The first-order valence-corrected chi connectivity index (χ1v) is 4.49. The highest BCUT2D eigenvalue weighted by molar-refractivity contribution is 5.85. The van der Waals surface area contributed by atoms with Gasteiger partial charge in [-0.05, 0) is 37.1 Å². The van der Waals surface area contributed by atoms with Crippen LogP contribution in [0.2, 0.25) is 0 Å². The third kappa shape index (κ3) is 2.16. The van der Waals surface area contributed by atoms with Gasteiger partial charge in [-0.25, -0.2) is 4.39 Å². The van der Waals surface area contributed by atoms with Crippen LogP contribution < -0.4 is 5.32 Å². The zero-order valence-electron chi connectivity index (χ0n) is 7.66. The minimum absolute atomic E-state index is 0. The summed E-state index contributed by atoms with van der Waals surface area (Å²) in [7, 11) is 0. The highest BCUT2D eigenvalue weighted by Crippen LogP contribution is 2.26. The molecule has 1 saturated heterocycles. The average molecular weight is 218 g/mol. The fourth-order valence-electron chi connectivity index (χ4n) is 1.71. The number of rotatable bonds is 1. The molecule has 0 unspecified atom stereocenters. The topological polar surface area (TPSA) is 32.3 Å². The molecule has 1 aliphatic heterocycles. The van der Waals surface area contributed by atoms with Gasteiger partial charge in [0.05, 0.1) is 0 Å². The van der Waals surface area contributed by atoms with E-state index in [2.05, 4.69) is 5.32 Å². The van der Waals surface area contributed by atoms with Gasteiger partial charge in [0.1, 0.15) is 0 Å². The number of hydrogen-bond donors (Lipinski definition) is 2. The maximum atomic E-state index is 13.0. The third-order valence-electron chi connectivity index (χ3n) is 2.43. The Morgan fingerprint density at radius 3 is 2.79 bits per heavy atom. The van der Waals surface area contributed by atoms with Crippen LogP contribution in [0.5, 0.6) is 5.75 Å². The molecule has 2 rings (SSSR count). The molecule has 14 heavy (non-hydrogen) atoms. The molecule has 0 spiro atoms. The quantitative estimate of drug-likeness (QED) is 0.757. The van der Waals surface area contributed by atoms with Crippen molar-refractivity contribution in [2.75, 3.05) is 6.54 Å². The molecule has 2 nitrogen and oxygen atoms in total. The summed E-state index contributed by atoms with van der Waals surface area (Å²) in [6.45, 7) is 0.993. The lowest BCUT2D eigenvalue weighted by Gasteiger charge is -2.10. The van der Waals surface area contributed by atoms with Crippen LogP contribution in [-0.2, 0) is 0 Å². The number of benzene rings is 1. The zero-order chi connectivity index (χ0) is 9.26. The van der Waals surface area contributed by atoms with E-state index >= 15 is 0 Å². The standard InChI is InChI=1S/C10H12FNO.ClH/c11-8-6-7(3-4-10(8)13)9-2-1-5-12-9;/h3-4,6,9,12-13H,1-2,5H2;1H/t9-;/m1./s1. The Balaban J connectivity index is 0.000000980. The van der Waals surface area contributed by atoms with Gasteiger partial charge >= 0.3 is 0 Å². The first-order chi connectivity index (χ1) is 6.27. The Kier molecular flexibility index (Phi) is 3.72. The SMILES string of the molecule is Cl.Oc1ccc([C@H]2CCCN2)cc1F. The summed E-state index contributed by atoms with van der Waals surface area (Å²) in [5.41, 5.74) is 0.924. The minimum atomic E-state index is -0.536. The van der Waals surface area contributed by atoms with Crippen molar-refractivity contribution in [1.82, 2.24) is 5.32 Å². The summed E-state index contributed by atoms with van der Waals surface area (Å²) >= 11 is 0. The molecule has 1 atom stereocenters. The van der Waals surface area contributed by atoms with E-state index in [0.717, 1.165) is 24.9 Å². The van der Waals surface area contributed by atoms with Gasteiger partial charge < -0.3 is 10.4 Å². The van der Waals surface area contributed by atoms with Crippen molar-refractivity contribution in [1.29, 1.82) is 0 Å².